The Morgan fingerprint density at radius 2 is 1.95 bits per heavy atom. The van der Waals surface area contributed by atoms with E-state index in [0.717, 1.165) is 18.4 Å². The number of ether oxygens (including phenoxy) is 1. The first-order valence-corrected chi connectivity index (χ1v) is 8.04. The van der Waals surface area contributed by atoms with E-state index >= 15 is 0 Å². The summed E-state index contributed by atoms with van der Waals surface area (Å²) in [5.41, 5.74) is 1.12. The number of methoxy groups -OCH3 is 1. The summed E-state index contributed by atoms with van der Waals surface area (Å²) < 4.78 is 19.2. The summed E-state index contributed by atoms with van der Waals surface area (Å²) in [6, 6.07) is 3.10. The molecule has 4 heteroatoms. The van der Waals surface area contributed by atoms with Crippen LogP contribution in [-0.2, 0) is 0 Å². The first kappa shape index (κ1) is 17.8. The molecule has 1 nitrogen and oxygen atoms in total. The van der Waals surface area contributed by atoms with Crippen LogP contribution < -0.4 is 4.74 Å². The van der Waals surface area contributed by atoms with Crippen LogP contribution in [0.15, 0.2) is 16.6 Å². The Morgan fingerprint density at radius 3 is 2.45 bits per heavy atom. The molecule has 0 amide bonds. The van der Waals surface area contributed by atoms with Crippen LogP contribution >= 0.6 is 27.5 Å². The predicted molar refractivity (Wildman–Crippen MR) is 87.1 cm³/mol. The van der Waals surface area contributed by atoms with E-state index in [-0.39, 0.29) is 16.6 Å². The van der Waals surface area contributed by atoms with Crippen molar-refractivity contribution in [2.75, 3.05) is 7.11 Å². The number of rotatable bonds is 5. The van der Waals surface area contributed by atoms with Crippen LogP contribution in [0.3, 0.4) is 0 Å². The Morgan fingerprint density at radius 1 is 1.35 bits per heavy atom. The summed E-state index contributed by atoms with van der Waals surface area (Å²) in [4.78, 5) is 0. The zero-order chi connectivity index (χ0) is 15.5. The summed E-state index contributed by atoms with van der Waals surface area (Å²) in [5.74, 6) is 0.664. The molecule has 0 bridgehead atoms. The van der Waals surface area contributed by atoms with Crippen LogP contribution in [0.25, 0.3) is 0 Å². The van der Waals surface area contributed by atoms with Crippen molar-refractivity contribution in [2.45, 2.75) is 45.9 Å². The van der Waals surface area contributed by atoms with E-state index in [1.807, 2.05) is 0 Å². The van der Waals surface area contributed by atoms with Gasteiger partial charge in [-0.15, -0.1) is 11.6 Å². The van der Waals surface area contributed by atoms with E-state index in [1.165, 1.54) is 13.2 Å². The number of halogens is 3. The Hall–Kier alpha value is -0.280. The minimum Gasteiger partial charge on any atom is -0.496 e. The molecule has 0 aliphatic carbocycles. The highest BCUT2D eigenvalue weighted by Crippen LogP contribution is 2.39. The highest BCUT2D eigenvalue weighted by Gasteiger charge is 2.22. The lowest BCUT2D eigenvalue weighted by Crippen LogP contribution is -2.12. The van der Waals surface area contributed by atoms with Gasteiger partial charge in [-0.3, -0.25) is 0 Å². The van der Waals surface area contributed by atoms with Gasteiger partial charge in [-0.25, -0.2) is 4.39 Å². The van der Waals surface area contributed by atoms with Crippen molar-refractivity contribution in [2.24, 2.45) is 11.3 Å². The largest absolute Gasteiger partial charge is 0.496 e. The van der Waals surface area contributed by atoms with Crippen molar-refractivity contribution in [3.8, 4) is 5.75 Å². The highest BCUT2D eigenvalue weighted by atomic mass is 79.9. The summed E-state index contributed by atoms with van der Waals surface area (Å²) in [7, 11) is 1.54. The lowest BCUT2D eigenvalue weighted by molar-refractivity contribution is 0.294. The van der Waals surface area contributed by atoms with Crippen LogP contribution in [0.4, 0.5) is 4.39 Å². The van der Waals surface area contributed by atoms with Crippen LogP contribution in [0.5, 0.6) is 5.75 Å². The standard InChI is InChI=1S/C16H23BrClFO/c1-10(9-16(2,3)4)6-13(18)11-7-12(17)14(19)8-15(11)20-5/h7-8,10,13H,6,9H2,1-5H3. The van der Waals surface area contributed by atoms with E-state index < -0.39 is 0 Å². The van der Waals surface area contributed by atoms with Gasteiger partial charge in [0.2, 0.25) is 0 Å². The average Bonchev–Trinajstić information content (AvgIpc) is 2.29. The van der Waals surface area contributed by atoms with E-state index in [2.05, 4.69) is 43.6 Å². The molecule has 1 rings (SSSR count). The molecule has 0 fully saturated rings. The smallest absolute Gasteiger partial charge is 0.141 e. The second-order valence-electron chi connectivity index (χ2n) is 6.58. The number of benzene rings is 1. The van der Waals surface area contributed by atoms with Gasteiger partial charge in [0.05, 0.1) is 17.0 Å². The van der Waals surface area contributed by atoms with Gasteiger partial charge in [0.15, 0.2) is 0 Å². The molecule has 0 saturated heterocycles. The molecule has 2 atom stereocenters. The fourth-order valence-corrected chi connectivity index (χ4v) is 3.41. The Labute approximate surface area is 135 Å². The third-order valence-electron chi connectivity index (χ3n) is 3.18. The molecular formula is C16H23BrClFO. The number of hydrogen-bond acceptors (Lipinski definition) is 1. The van der Waals surface area contributed by atoms with Crippen molar-refractivity contribution in [1.82, 2.24) is 0 Å². The summed E-state index contributed by atoms with van der Waals surface area (Å²) in [6.07, 6.45) is 1.94. The van der Waals surface area contributed by atoms with Crippen molar-refractivity contribution in [3.63, 3.8) is 0 Å². The van der Waals surface area contributed by atoms with Crippen LogP contribution in [0, 0.1) is 17.2 Å². The maximum absolute atomic E-state index is 13.5. The molecule has 0 aliphatic rings. The molecular weight excluding hydrogens is 343 g/mol. The van der Waals surface area contributed by atoms with Gasteiger partial charge in [0, 0.05) is 11.6 Å². The number of alkyl halides is 1. The van der Waals surface area contributed by atoms with Gasteiger partial charge >= 0.3 is 0 Å². The van der Waals surface area contributed by atoms with Crippen LogP contribution in [0.1, 0.15) is 51.5 Å². The zero-order valence-corrected chi connectivity index (χ0v) is 15.1. The predicted octanol–water partition coefficient (Wildman–Crippen LogP) is 6.34. The maximum atomic E-state index is 13.5. The lowest BCUT2D eigenvalue weighted by atomic mass is 9.83. The molecule has 0 aromatic heterocycles. The van der Waals surface area contributed by atoms with Gasteiger partial charge in [-0.2, -0.15) is 0 Å². The molecule has 0 aliphatic heterocycles. The Balaban J connectivity index is 2.86. The van der Waals surface area contributed by atoms with E-state index in [4.69, 9.17) is 16.3 Å². The van der Waals surface area contributed by atoms with Crippen LogP contribution in [-0.4, -0.2) is 7.11 Å². The van der Waals surface area contributed by atoms with Gasteiger partial charge in [-0.1, -0.05) is 27.7 Å². The molecule has 1 aromatic carbocycles. The zero-order valence-electron chi connectivity index (χ0n) is 12.8. The summed E-state index contributed by atoms with van der Waals surface area (Å²) in [6.45, 7) is 8.87. The van der Waals surface area contributed by atoms with E-state index in [1.54, 1.807) is 6.07 Å². The monoisotopic (exact) mass is 364 g/mol. The van der Waals surface area contributed by atoms with Crippen LogP contribution in [0.2, 0.25) is 0 Å². The third-order valence-corrected chi connectivity index (χ3v) is 4.20. The van der Waals surface area contributed by atoms with E-state index in [9.17, 15) is 4.39 Å². The highest BCUT2D eigenvalue weighted by molar-refractivity contribution is 9.10. The van der Waals surface area contributed by atoms with Crippen molar-refractivity contribution >= 4 is 27.5 Å². The molecule has 1 aromatic rings. The quantitative estimate of drug-likeness (QED) is 0.553. The van der Waals surface area contributed by atoms with Gasteiger partial charge in [0.25, 0.3) is 0 Å². The topological polar surface area (TPSA) is 9.23 Å². The molecule has 0 saturated carbocycles. The molecule has 0 heterocycles. The number of hydrogen-bond donors (Lipinski definition) is 0. The first-order chi connectivity index (χ1) is 9.14. The lowest BCUT2D eigenvalue weighted by Gasteiger charge is -2.25. The molecule has 114 valence electrons. The summed E-state index contributed by atoms with van der Waals surface area (Å²) >= 11 is 9.72. The fourth-order valence-electron chi connectivity index (χ4n) is 2.57. The molecule has 0 N–H and O–H groups in total. The molecule has 20 heavy (non-hydrogen) atoms. The third kappa shape index (κ3) is 5.25. The van der Waals surface area contributed by atoms with Crippen molar-refractivity contribution in [3.05, 3.63) is 28.0 Å². The minimum atomic E-state index is -0.336. The Bertz CT molecular complexity index is 457. The van der Waals surface area contributed by atoms with Crippen molar-refractivity contribution in [1.29, 1.82) is 0 Å². The second-order valence-corrected chi connectivity index (χ2v) is 7.96. The molecule has 0 spiro atoms. The van der Waals surface area contributed by atoms with Gasteiger partial charge in [-0.05, 0) is 46.2 Å². The average molecular weight is 366 g/mol. The molecule has 0 radical (unpaired) electrons. The fraction of sp³-hybridized carbons (Fsp3) is 0.625. The minimum absolute atomic E-state index is 0.181. The SMILES string of the molecule is COc1cc(F)c(Br)cc1C(Cl)CC(C)CC(C)(C)C. The molecule has 2 unspecified atom stereocenters. The van der Waals surface area contributed by atoms with E-state index in [0.29, 0.717) is 16.1 Å². The normalized spacial score (nSPS) is 15.0. The maximum Gasteiger partial charge on any atom is 0.141 e. The van der Waals surface area contributed by atoms with Gasteiger partial charge in [0.1, 0.15) is 11.6 Å². The second kappa shape index (κ2) is 7.13. The van der Waals surface area contributed by atoms with Crippen molar-refractivity contribution < 1.29 is 9.13 Å². The first-order valence-electron chi connectivity index (χ1n) is 6.81. The Kier molecular flexibility index (Phi) is 6.33. The summed E-state index contributed by atoms with van der Waals surface area (Å²) in [5, 5.41) is -0.181. The van der Waals surface area contributed by atoms with Gasteiger partial charge < -0.3 is 4.74 Å².